The number of H-pyrrole nitrogens is 1. The van der Waals surface area contributed by atoms with Crippen molar-refractivity contribution in [1.82, 2.24) is 4.98 Å². The van der Waals surface area contributed by atoms with Gasteiger partial charge < -0.3 is 9.88 Å². The van der Waals surface area contributed by atoms with Crippen LogP contribution >= 0.6 is 0 Å². The number of alkyl halides is 6. The third-order valence-electron chi connectivity index (χ3n) is 4.37. The molecule has 1 aromatic carbocycles. The van der Waals surface area contributed by atoms with Crippen molar-refractivity contribution < 1.29 is 26.3 Å². The molecular formula is C16H14F6N2O. The summed E-state index contributed by atoms with van der Waals surface area (Å²) in [6, 6.07) is 2.42. The molecule has 0 saturated heterocycles. The number of pyridine rings is 1. The first kappa shape index (κ1) is 17.6. The number of hydrogen-bond donors (Lipinski definition) is 1. The number of aromatic nitrogens is 1. The summed E-state index contributed by atoms with van der Waals surface area (Å²) in [5.74, 6) is 0. The van der Waals surface area contributed by atoms with Crippen LogP contribution in [0.4, 0.5) is 32.0 Å². The van der Waals surface area contributed by atoms with E-state index >= 15 is 0 Å². The Morgan fingerprint density at radius 3 is 2.44 bits per heavy atom. The minimum Gasteiger partial charge on any atom is -0.360 e. The molecule has 3 nitrogen and oxygen atoms in total. The molecule has 0 saturated carbocycles. The zero-order valence-electron chi connectivity index (χ0n) is 13.1. The van der Waals surface area contributed by atoms with Crippen molar-refractivity contribution in [2.45, 2.75) is 38.2 Å². The predicted molar refractivity (Wildman–Crippen MR) is 80.8 cm³/mol. The number of nitrogens with one attached hydrogen (secondary N) is 1. The van der Waals surface area contributed by atoms with Gasteiger partial charge in [-0.3, -0.25) is 4.79 Å². The first-order valence-electron chi connectivity index (χ1n) is 7.56. The Balaban J connectivity index is 2.25. The maximum absolute atomic E-state index is 13.2. The van der Waals surface area contributed by atoms with Crippen LogP contribution in [-0.4, -0.2) is 23.7 Å². The van der Waals surface area contributed by atoms with Crippen LogP contribution in [0.15, 0.2) is 23.0 Å². The molecule has 1 aromatic heterocycles. The van der Waals surface area contributed by atoms with E-state index in [1.807, 2.05) is 0 Å². The zero-order chi connectivity index (χ0) is 18.6. The molecule has 1 aliphatic rings. The van der Waals surface area contributed by atoms with Gasteiger partial charge in [-0.05, 0) is 37.5 Å². The van der Waals surface area contributed by atoms with Crippen LogP contribution in [0.2, 0.25) is 0 Å². The number of nitrogens with zero attached hydrogens (tertiary/aromatic N) is 1. The van der Waals surface area contributed by atoms with Gasteiger partial charge in [-0.15, -0.1) is 0 Å². The molecule has 0 aliphatic carbocycles. The van der Waals surface area contributed by atoms with Gasteiger partial charge in [-0.25, -0.2) is 0 Å². The zero-order valence-corrected chi connectivity index (χ0v) is 13.1. The van der Waals surface area contributed by atoms with Crippen molar-refractivity contribution >= 4 is 16.6 Å². The Hall–Kier alpha value is -2.19. The van der Waals surface area contributed by atoms with E-state index in [0.717, 1.165) is 11.0 Å². The maximum Gasteiger partial charge on any atom is 0.417 e. The smallest absolute Gasteiger partial charge is 0.360 e. The van der Waals surface area contributed by atoms with E-state index in [1.165, 1.54) is 6.07 Å². The molecule has 0 spiro atoms. The molecule has 1 atom stereocenters. The fraction of sp³-hybridized carbons (Fsp3) is 0.438. The molecule has 1 N–H and O–H groups in total. The lowest BCUT2D eigenvalue weighted by Gasteiger charge is -2.37. The van der Waals surface area contributed by atoms with Gasteiger partial charge in [0.2, 0.25) is 5.56 Å². The third-order valence-corrected chi connectivity index (χ3v) is 4.37. The third kappa shape index (κ3) is 3.45. The van der Waals surface area contributed by atoms with Crippen molar-refractivity contribution in [3.8, 4) is 0 Å². The lowest BCUT2D eigenvalue weighted by Crippen LogP contribution is -2.43. The minimum absolute atomic E-state index is 0.0277. The Bertz CT molecular complexity index is 868. The van der Waals surface area contributed by atoms with Crippen LogP contribution in [0.5, 0.6) is 0 Å². The normalized spacial score (nSPS) is 18.5. The molecule has 2 aromatic rings. The van der Waals surface area contributed by atoms with Gasteiger partial charge in [-0.2, -0.15) is 26.3 Å². The van der Waals surface area contributed by atoms with Gasteiger partial charge in [0.15, 0.2) is 0 Å². The van der Waals surface area contributed by atoms with Gasteiger partial charge in [0, 0.05) is 28.7 Å². The summed E-state index contributed by atoms with van der Waals surface area (Å²) in [7, 11) is 0. The molecular weight excluding hydrogens is 350 g/mol. The average molecular weight is 364 g/mol. The van der Waals surface area contributed by atoms with E-state index in [1.54, 1.807) is 6.92 Å². The monoisotopic (exact) mass is 364 g/mol. The molecule has 0 radical (unpaired) electrons. The predicted octanol–water partition coefficient (Wildman–Crippen LogP) is 4.25. The van der Waals surface area contributed by atoms with Gasteiger partial charge >= 0.3 is 12.4 Å². The largest absolute Gasteiger partial charge is 0.417 e. The number of hydrogen-bond acceptors (Lipinski definition) is 2. The van der Waals surface area contributed by atoms with E-state index in [9.17, 15) is 31.1 Å². The van der Waals surface area contributed by atoms with Crippen LogP contribution in [0.25, 0.3) is 10.9 Å². The van der Waals surface area contributed by atoms with Crippen molar-refractivity contribution in [3.05, 3.63) is 39.7 Å². The number of anilines is 1. The van der Waals surface area contributed by atoms with Crippen LogP contribution in [0.1, 0.15) is 24.5 Å². The highest BCUT2D eigenvalue weighted by Crippen LogP contribution is 2.39. The maximum atomic E-state index is 13.2. The number of aryl methyl sites for hydroxylation is 1. The van der Waals surface area contributed by atoms with Crippen molar-refractivity contribution in [2.24, 2.45) is 0 Å². The van der Waals surface area contributed by atoms with E-state index in [0.29, 0.717) is 24.5 Å². The summed E-state index contributed by atoms with van der Waals surface area (Å²) in [6.45, 7) is 0.369. The summed E-state index contributed by atoms with van der Waals surface area (Å²) in [6.07, 6.45) is -8.39. The number of rotatable bonds is 1. The SMILES string of the molecule is CC1CCc2cc3[nH]c(=O)cc(C(F)(F)F)c3cc2N1CC(F)(F)F. The van der Waals surface area contributed by atoms with Gasteiger partial charge in [0.25, 0.3) is 0 Å². The summed E-state index contributed by atoms with van der Waals surface area (Å²) in [4.78, 5) is 14.9. The van der Waals surface area contributed by atoms with E-state index in [2.05, 4.69) is 4.98 Å². The van der Waals surface area contributed by atoms with E-state index in [4.69, 9.17) is 0 Å². The first-order valence-corrected chi connectivity index (χ1v) is 7.56. The Morgan fingerprint density at radius 2 is 1.84 bits per heavy atom. The summed E-state index contributed by atoms with van der Waals surface area (Å²) in [5.41, 5.74) is -1.47. The number of halogens is 6. The van der Waals surface area contributed by atoms with E-state index in [-0.39, 0.29) is 16.6 Å². The summed E-state index contributed by atoms with van der Waals surface area (Å²) in [5, 5.41) is -0.313. The first-order chi connectivity index (χ1) is 11.5. The molecule has 9 heteroatoms. The molecule has 1 unspecified atom stereocenters. The van der Waals surface area contributed by atoms with E-state index < -0.39 is 36.1 Å². The van der Waals surface area contributed by atoms with Crippen LogP contribution in [-0.2, 0) is 12.6 Å². The topological polar surface area (TPSA) is 36.1 Å². The average Bonchev–Trinajstić information content (AvgIpc) is 2.46. The highest BCUT2D eigenvalue weighted by molar-refractivity contribution is 5.88. The molecule has 3 rings (SSSR count). The molecule has 1 aliphatic heterocycles. The number of benzene rings is 1. The summed E-state index contributed by atoms with van der Waals surface area (Å²) >= 11 is 0. The second-order valence-corrected chi connectivity index (χ2v) is 6.20. The second-order valence-electron chi connectivity index (χ2n) is 6.20. The lowest BCUT2D eigenvalue weighted by molar-refractivity contribution is -0.136. The van der Waals surface area contributed by atoms with Crippen LogP contribution in [0.3, 0.4) is 0 Å². The van der Waals surface area contributed by atoms with Crippen molar-refractivity contribution in [2.75, 3.05) is 11.4 Å². The highest BCUT2D eigenvalue weighted by Gasteiger charge is 2.37. The van der Waals surface area contributed by atoms with Gasteiger partial charge in [-0.1, -0.05) is 0 Å². The fourth-order valence-electron chi connectivity index (χ4n) is 3.23. The van der Waals surface area contributed by atoms with Crippen molar-refractivity contribution in [3.63, 3.8) is 0 Å². The van der Waals surface area contributed by atoms with Crippen molar-refractivity contribution in [1.29, 1.82) is 0 Å². The molecule has 0 bridgehead atoms. The van der Waals surface area contributed by atoms with Gasteiger partial charge in [0.1, 0.15) is 6.54 Å². The standard InChI is InChI=1S/C16H14F6N2O/c1-8-2-3-9-4-12-10(5-13(9)24(8)7-15(17,18)19)11(16(20,21)22)6-14(25)23-12/h4-6,8H,2-3,7H2,1H3,(H,23,25). The molecule has 136 valence electrons. The van der Waals surface area contributed by atoms with Gasteiger partial charge in [0.05, 0.1) is 5.56 Å². The Labute approximate surface area is 138 Å². The second kappa shape index (κ2) is 5.67. The van der Waals surface area contributed by atoms with Crippen LogP contribution in [0, 0.1) is 0 Å². The molecule has 0 amide bonds. The quantitative estimate of drug-likeness (QED) is 0.768. The Kier molecular flexibility index (Phi) is 4.00. The summed E-state index contributed by atoms with van der Waals surface area (Å²) < 4.78 is 78.3. The molecule has 2 heterocycles. The minimum atomic E-state index is -4.78. The Morgan fingerprint density at radius 1 is 1.16 bits per heavy atom. The fourth-order valence-corrected chi connectivity index (χ4v) is 3.23. The molecule has 0 fully saturated rings. The lowest BCUT2D eigenvalue weighted by atomic mass is 9.94. The number of fused-ring (bicyclic) bond motifs is 2. The molecule has 25 heavy (non-hydrogen) atoms. The highest BCUT2D eigenvalue weighted by atomic mass is 19.4. The number of aromatic amines is 1. The van der Waals surface area contributed by atoms with Crippen LogP contribution < -0.4 is 10.5 Å².